The van der Waals surface area contributed by atoms with Gasteiger partial charge in [0.15, 0.2) is 0 Å². The fourth-order valence-corrected chi connectivity index (χ4v) is 3.07. The molecule has 2 N–H and O–H groups in total. The summed E-state index contributed by atoms with van der Waals surface area (Å²) in [6.45, 7) is 2.11. The van der Waals surface area contributed by atoms with E-state index in [1.54, 1.807) is 0 Å². The van der Waals surface area contributed by atoms with E-state index in [0.717, 1.165) is 22.7 Å². The SMILES string of the molecule is Cc1ccc(-c2cc(Nc3ccccc3)ccc2Nc2ccccc2)cc1. The molecule has 0 unspecified atom stereocenters. The summed E-state index contributed by atoms with van der Waals surface area (Å²) in [5, 5.41) is 7.04. The zero-order chi connectivity index (χ0) is 18.5. The van der Waals surface area contributed by atoms with Crippen LogP contribution in [0.1, 0.15) is 5.56 Å². The van der Waals surface area contributed by atoms with Crippen molar-refractivity contribution in [1.29, 1.82) is 0 Å². The molecule has 4 rings (SSSR count). The number of benzene rings is 4. The number of aryl methyl sites for hydroxylation is 1. The molecule has 2 heteroatoms. The number of hydrogen-bond acceptors (Lipinski definition) is 2. The molecule has 0 radical (unpaired) electrons. The highest BCUT2D eigenvalue weighted by Gasteiger charge is 2.08. The van der Waals surface area contributed by atoms with Gasteiger partial charge in [-0.2, -0.15) is 0 Å². The van der Waals surface area contributed by atoms with E-state index < -0.39 is 0 Å². The van der Waals surface area contributed by atoms with Crippen LogP contribution in [0.4, 0.5) is 22.7 Å². The summed E-state index contributed by atoms with van der Waals surface area (Å²) < 4.78 is 0. The Labute approximate surface area is 160 Å². The Bertz CT molecular complexity index is 1010. The summed E-state index contributed by atoms with van der Waals surface area (Å²) in [6.07, 6.45) is 0. The Balaban J connectivity index is 1.72. The summed E-state index contributed by atoms with van der Waals surface area (Å²) in [5.74, 6) is 0. The number of nitrogens with one attached hydrogen (secondary N) is 2. The fraction of sp³-hybridized carbons (Fsp3) is 0.0400. The Hall–Kier alpha value is -3.52. The second-order valence-corrected chi connectivity index (χ2v) is 6.61. The van der Waals surface area contributed by atoms with E-state index in [4.69, 9.17) is 0 Å². The van der Waals surface area contributed by atoms with Gasteiger partial charge in [0.1, 0.15) is 0 Å². The Morgan fingerprint density at radius 2 is 1.11 bits per heavy atom. The number of anilines is 4. The van der Waals surface area contributed by atoms with Gasteiger partial charge in [-0.05, 0) is 55.0 Å². The lowest BCUT2D eigenvalue weighted by molar-refractivity contribution is 1.46. The minimum atomic E-state index is 1.07. The van der Waals surface area contributed by atoms with Crippen molar-refractivity contribution in [3.05, 3.63) is 109 Å². The molecule has 132 valence electrons. The van der Waals surface area contributed by atoms with E-state index >= 15 is 0 Å². The maximum absolute atomic E-state index is 3.55. The van der Waals surface area contributed by atoms with Crippen molar-refractivity contribution in [3.8, 4) is 11.1 Å². The first-order valence-corrected chi connectivity index (χ1v) is 9.13. The first kappa shape index (κ1) is 16.9. The predicted molar refractivity (Wildman–Crippen MR) is 116 cm³/mol. The summed E-state index contributed by atoms with van der Waals surface area (Å²) in [7, 11) is 0. The van der Waals surface area contributed by atoms with Gasteiger partial charge in [0.05, 0.1) is 0 Å². The smallest absolute Gasteiger partial charge is 0.0465 e. The van der Waals surface area contributed by atoms with Crippen molar-refractivity contribution in [2.45, 2.75) is 6.92 Å². The molecule has 0 atom stereocenters. The van der Waals surface area contributed by atoms with Gasteiger partial charge in [-0.15, -0.1) is 0 Å². The van der Waals surface area contributed by atoms with Crippen LogP contribution in [0, 0.1) is 6.92 Å². The highest BCUT2D eigenvalue weighted by atomic mass is 14.9. The molecule has 0 heterocycles. The Kier molecular flexibility index (Phi) is 4.88. The molecule has 0 saturated carbocycles. The molecule has 4 aromatic rings. The van der Waals surface area contributed by atoms with E-state index in [2.05, 4.69) is 84.3 Å². The van der Waals surface area contributed by atoms with Gasteiger partial charge in [0, 0.05) is 28.3 Å². The normalized spacial score (nSPS) is 10.4. The topological polar surface area (TPSA) is 24.1 Å². The third kappa shape index (κ3) is 4.18. The average molecular weight is 350 g/mol. The van der Waals surface area contributed by atoms with E-state index in [0.29, 0.717) is 0 Å². The summed E-state index contributed by atoms with van der Waals surface area (Å²) >= 11 is 0. The summed E-state index contributed by atoms with van der Waals surface area (Å²) in [4.78, 5) is 0. The summed E-state index contributed by atoms with van der Waals surface area (Å²) in [6, 6.07) is 35.6. The zero-order valence-corrected chi connectivity index (χ0v) is 15.3. The third-order valence-electron chi connectivity index (χ3n) is 4.50. The van der Waals surface area contributed by atoms with Crippen molar-refractivity contribution < 1.29 is 0 Å². The maximum atomic E-state index is 3.55. The molecule has 4 aromatic carbocycles. The van der Waals surface area contributed by atoms with E-state index in [9.17, 15) is 0 Å². The van der Waals surface area contributed by atoms with Crippen molar-refractivity contribution in [2.75, 3.05) is 10.6 Å². The lowest BCUT2D eigenvalue weighted by Crippen LogP contribution is -1.96. The van der Waals surface area contributed by atoms with Crippen molar-refractivity contribution in [3.63, 3.8) is 0 Å². The Morgan fingerprint density at radius 1 is 0.519 bits per heavy atom. The second kappa shape index (κ2) is 7.79. The molecule has 0 aliphatic rings. The minimum Gasteiger partial charge on any atom is -0.356 e. The summed E-state index contributed by atoms with van der Waals surface area (Å²) in [5.41, 5.74) is 7.93. The zero-order valence-electron chi connectivity index (χ0n) is 15.3. The molecule has 0 aliphatic carbocycles. The van der Waals surface area contributed by atoms with Crippen molar-refractivity contribution in [1.82, 2.24) is 0 Å². The fourth-order valence-electron chi connectivity index (χ4n) is 3.07. The van der Waals surface area contributed by atoms with Gasteiger partial charge in [-0.3, -0.25) is 0 Å². The molecular weight excluding hydrogens is 328 g/mol. The monoisotopic (exact) mass is 350 g/mol. The second-order valence-electron chi connectivity index (χ2n) is 6.61. The van der Waals surface area contributed by atoms with Crippen LogP contribution < -0.4 is 10.6 Å². The standard InChI is InChI=1S/C25H22N2/c1-19-12-14-20(15-13-19)24-18-23(26-21-8-4-2-5-9-21)16-17-25(24)27-22-10-6-3-7-11-22/h2-18,26-27H,1H3. The predicted octanol–water partition coefficient (Wildman–Crippen LogP) is 7.15. The van der Waals surface area contributed by atoms with Crippen LogP contribution in [-0.2, 0) is 0 Å². The van der Waals surface area contributed by atoms with E-state index in [1.165, 1.54) is 16.7 Å². The molecule has 27 heavy (non-hydrogen) atoms. The van der Waals surface area contributed by atoms with E-state index in [-0.39, 0.29) is 0 Å². The van der Waals surface area contributed by atoms with Gasteiger partial charge in [-0.25, -0.2) is 0 Å². The van der Waals surface area contributed by atoms with Crippen LogP contribution in [0.5, 0.6) is 0 Å². The minimum absolute atomic E-state index is 1.07. The average Bonchev–Trinajstić information content (AvgIpc) is 2.71. The molecular formula is C25H22N2. The molecule has 0 saturated heterocycles. The molecule has 0 fully saturated rings. The molecule has 0 aliphatic heterocycles. The van der Waals surface area contributed by atoms with Crippen LogP contribution >= 0.6 is 0 Å². The first-order valence-electron chi connectivity index (χ1n) is 9.13. The van der Waals surface area contributed by atoms with Gasteiger partial charge in [0.25, 0.3) is 0 Å². The van der Waals surface area contributed by atoms with Gasteiger partial charge >= 0.3 is 0 Å². The molecule has 0 spiro atoms. The third-order valence-corrected chi connectivity index (χ3v) is 4.50. The highest BCUT2D eigenvalue weighted by molar-refractivity contribution is 5.84. The lowest BCUT2D eigenvalue weighted by Gasteiger charge is -2.15. The van der Waals surface area contributed by atoms with Crippen molar-refractivity contribution >= 4 is 22.7 Å². The maximum Gasteiger partial charge on any atom is 0.0465 e. The van der Waals surface area contributed by atoms with Crippen LogP contribution in [0.3, 0.4) is 0 Å². The van der Waals surface area contributed by atoms with Crippen LogP contribution in [0.25, 0.3) is 11.1 Å². The largest absolute Gasteiger partial charge is 0.356 e. The van der Waals surface area contributed by atoms with Crippen LogP contribution in [0.15, 0.2) is 103 Å². The molecule has 0 bridgehead atoms. The highest BCUT2D eigenvalue weighted by Crippen LogP contribution is 2.34. The molecule has 0 amide bonds. The molecule has 2 nitrogen and oxygen atoms in total. The van der Waals surface area contributed by atoms with Crippen LogP contribution in [0.2, 0.25) is 0 Å². The Morgan fingerprint density at radius 3 is 1.74 bits per heavy atom. The van der Waals surface area contributed by atoms with Gasteiger partial charge < -0.3 is 10.6 Å². The van der Waals surface area contributed by atoms with E-state index in [1.807, 2.05) is 36.4 Å². The first-order chi connectivity index (χ1) is 13.3. The number of rotatable bonds is 5. The quantitative estimate of drug-likeness (QED) is 0.399. The number of hydrogen-bond donors (Lipinski definition) is 2. The lowest BCUT2D eigenvalue weighted by atomic mass is 10.0. The van der Waals surface area contributed by atoms with Gasteiger partial charge in [0.2, 0.25) is 0 Å². The van der Waals surface area contributed by atoms with Gasteiger partial charge in [-0.1, -0.05) is 66.2 Å². The van der Waals surface area contributed by atoms with Crippen LogP contribution in [-0.4, -0.2) is 0 Å². The van der Waals surface area contributed by atoms with Crippen molar-refractivity contribution in [2.24, 2.45) is 0 Å². The molecule has 0 aromatic heterocycles. The number of para-hydroxylation sites is 2.